The molecule has 7 rings (SSSR count). The van der Waals surface area contributed by atoms with Gasteiger partial charge in [-0.2, -0.15) is 0 Å². The van der Waals surface area contributed by atoms with Gasteiger partial charge in [0.25, 0.3) is 0 Å². The van der Waals surface area contributed by atoms with Crippen LogP contribution in [0.4, 0.5) is 4.39 Å². The van der Waals surface area contributed by atoms with Crippen LogP contribution in [0.5, 0.6) is 0 Å². The highest BCUT2D eigenvalue weighted by atomic mass is 19.1. The summed E-state index contributed by atoms with van der Waals surface area (Å²) < 4.78 is 19.2. The van der Waals surface area contributed by atoms with Gasteiger partial charge < -0.3 is 4.40 Å². The molecule has 0 spiro atoms. The fraction of sp³-hybridized carbons (Fsp3) is 0.375. The zero-order valence-corrected chi connectivity index (χ0v) is 27.2. The minimum absolute atomic E-state index is 0.0636. The third-order valence-electron chi connectivity index (χ3n) is 8.77. The first-order valence-corrected chi connectivity index (χ1v) is 15.7. The lowest BCUT2D eigenvalue weighted by atomic mass is 9.82. The van der Waals surface area contributed by atoms with Gasteiger partial charge in [0.2, 0.25) is 0 Å². The number of rotatable bonds is 3. The van der Waals surface area contributed by atoms with Crippen molar-refractivity contribution in [3.8, 4) is 0 Å². The van der Waals surface area contributed by atoms with Gasteiger partial charge in [-0.15, -0.1) is 0 Å². The zero-order valence-electron chi connectivity index (χ0n) is 27.2. The van der Waals surface area contributed by atoms with Crippen molar-refractivity contribution in [2.24, 2.45) is 16.2 Å². The molecule has 3 heteroatoms. The van der Waals surface area contributed by atoms with E-state index in [4.69, 9.17) is 4.98 Å². The average Bonchev–Trinajstić information content (AvgIpc) is 3.23. The van der Waals surface area contributed by atoms with Gasteiger partial charge in [-0.05, 0) is 81.2 Å². The summed E-state index contributed by atoms with van der Waals surface area (Å²) in [4.78, 5) is 5.02. The minimum Gasteiger partial charge on any atom is -0.308 e. The minimum atomic E-state index is -0.101. The van der Waals surface area contributed by atoms with Crippen LogP contribution in [0, 0.1) is 22.1 Å². The Balaban J connectivity index is 1.77. The van der Waals surface area contributed by atoms with Crippen LogP contribution >= 0.6 is 0 Å². The Bertz CT molecular complexity index is 2210. The number of para-hydroxylation sites is 1. The Labute approximate surface area is 254 Å². The van der Waals surface area contributed by atoms with Crippen molar-refractivity contribution < 1.29 is 4.39 Å². The molecule has 3 heterocycles. The van der Waals surface area contributed by atoms with Crippen molar-refractivity contribution in [1.82, 2.24) is 9.38 Å². The summed E-state index contributed by atoms with van der Waals surface area (Å²) in [5.41, 5.74) is 8.03. The predicted octanol–water partition coefficient (Wildman–Crippen LogP) is 11.4. The fourth-order valence-electron chi connectivity index (χ4n) is 7.46. The van der Waals surface area contributed by atoms with E-state index in [0.29, 0.717) is 11.8 Å². The lowest BCUT2D eigenvalue weighted by Crippen LogP contribution is -2.13. The summed E-state index contributed by atoms with van der Waals surface area (Å²) in [6.07, 6.45) is 4.39. The molecule has 0 saturated heterocycles. The number of aromatic nitrogens is 2. The second kappa shape index (κ2) is 9.14. The molecule has 0 atom stereocenters. The number of pyridine rings is 2. The second-order valence-corrected chi connectivity index (χ2v) is 16.5. The molecular formula is C40H43FN2. The summed E-state index contributed by atoms with van der Waals surface area (Å²) in [5, 5.41) is 7.39. The van der Waals surface area contributed by atoms with Crippen molar-refractivity contribution in [2.75, 3.05) is 0 Å². The molecule has 0 fully saturated rings. The van der Waals surface area contributed by atoms with Crippen LogP contribution in [0.3, 0.4) is 0 Å². The molecule has 7 aromatic rings. The standard InChI is InChI=1S/C40H43FN2/c1-38(2,3)20-23-14-15-25-24(18-23)19-28-35-33-27(16-17-42-35)34(41)30(22-40(7,8)9)32-26-12-10-11-13-31(26)43(37(32)33)36(28)29(25)21-39(4,5)6/h10-19H,20-22H2,1-9H3. The SMILES string of the molecule is CC(C)(C)Cc1ccc2c(CC(C)(C)C)c3c(cc2c1)c1nccc2c(F)c(CC(C)(C)C)c4c5ccccc5n3c4c21. The Morgan fingerprint density at radius 2 is 1.30 bits per heavy atom. The monoisotopic (exact) mass is 570 g/mol. The maximum atomic E-state index is 16.8. The van der Waals surface area contributed by atoms with Gasteiger partial charge in [0.05, 0.1) is 22.1 Å². The highest BCUT2D eigenvalue weighted by Crippen LogP contribution is 2.47. The molecule has 0 aliphatic heterocycles. The molecule has 0 radical (unpaired) electrons. The van der Waals surface area contributed by atoms with Crippen molar-refractivity contribution in [1.29, 1.82) is 0 Å². The van der Waals surface area contributed by atoms with Crippen LogP contribution in [0.2, 0.25) is 0 Å². The maximum Gasteiger partial charge on any atom is 0.135 e. The predicted molar refractivity (Wildman–Crippen MR) is 183 cm³/mol. The van der Waals surface area contributed by atoms with Gasteiger partial charge in [0.1, 0.15) is 5.82 Å². The summed E-state index contributed by atoms with van der Waals surface area (Å²) in [6, 6.07) is 19.8. The third-order valence-corrected chi connectivity index (χ3v) is 8.77. The second-order valence-electron chi connectivity index (χ2n) is 16.5. The van der Waals surface area contributed by atoms with Gasteiger partial charge in [-0.1, -0.05) is 98.7 Å². The fourth-order valence-corrected chi connectivity index (χ4v) is 7.46. The van der Waals surface area contributed by atoms with Crippen molar-refractivity contribution in [3.05, 3.63) is 83.3 Å². The molecule has 0 aliphatic rings. The summed E-state index contributed by atoms with van der Waals surface area (Å²) in [6.45, 7) is 20.4. The van der Waals surface area contributed by atoms with E-state index in [2.05, 4.69) is 115 Å². The molecule has 3 aromatic heterocycles. The lowest BCUT2D eigenvalue weighted by Gasteiger charge is -2.25. The lowest BCUT2D eigenvalue weighted by molar-refractivity contribution is 0.405. The van der Waals surface area contributed by atoms with Crippen LogP contribution in [-0.2, 0) is 19.3 Å². The molecule has 0 N–H and O–H groups in total. The number of nitrogens with zero attached hydrogens (tertiary/aromatic N) is 2. The largest absolute Gasteiger partial charge is 0.308 e. The molecule has 4 aromatic carbocycles. The molecule has 0 unspecified atom stereocenters. The Morgan fingerprint density at radius 3 is 2.00 bits per heavy atom. The summed E-state index contributed by atoms with van der Waals surface area (Å²) in [5.74, 6) is -0.101. The molecule has 220 valence electrons. The van der Waals surface area contributed by atoms with Crippen molar-refractivity contribution in [2.45, 2.75) is 81.6 Å². The summed E-state index contributed by atoms with van der Waals surface area (Å²) >= 11 is 0. The Hall–Kier alpha value is -3.72. The highest BCUT2D eigenvalue weighted by molar-refractivity contribution is 6.29. The zero-order chi connectivity index (χ0) is 30.6. The van der Waals surface area contributed by atoms with Gasteiger partial charge >= 0.3 is 0 Å². The van der Waals surface area contributed by atoms with E-state index in [1.807, 2.05) is 6.07 Å². The number of benzene rings is 4. The van der Waals surface area contributed by atoms with Gasteiger partial charge in [-0.3, -0.25) is 4.98 Å². The van der Waals surface area contributed by atoms with E-state index >= 15 is 4.39 Å². The smallest absolute Gasteiger partial charge is 0.135 e. The molecule has 0 saturated carbocycles. The normalized spacial score (nSPS) is 13.6. The van der Waals surface area contributed by atoms with Crippen LogP contribution in [0.25, 0.3) is 59.8 Å². The molecule has 0 bridgehead atoms. The summed E-state index contributed by atoms with van der Waals surface area (Å²) in [7, 11) is 0. The average molecular weight is 571 g/mol. The first kappa shape index (κ1) is 28.1. The first-order valence-electron chi connectivity index (χ1n) is 15.7. The third kappa shape index (κ3) is 4.55. The van der Waals surface area contributed by atoms with E-state index in [1.54, 1.807) is 6.20 Å². The number of halogens is 1. The Kier molecular flexibility index (Phi) is 5.97. The van der Waals surface area contributed by atoms with Crippen LogP contribution in [0.1, 0.15) is 79.0 Å². The highest BCUT2D eigenvalue weighted by Gasteiger charge is 2.29. The first-order chi connectivity index (χ1) is 20.1. The van der Waals surface area contributed by atoms with Gasteiger partial charge in [0.15, 0.2) is 0 Å². The van der Waals surface area contributed by atoms with E-state index in [-0.39, 0.29) is 22.1 Å². The van der Waals surface area contributed by atoms with Gasteiger partial charge in [0, 0.05) is 33.1 Å². The molecule has 43 heavy (non-hydrogen) atoms. The van der Waals surface area contributed by atoms with E-state index in [1.165, 1.54) is 27.4 Å². The Morgan fingerprint density at radius 1 is 0.628 bits per heavy atom. The van der Waals surface area contributed by atoms with E-state index < -0.39 is 0 Å². The molecule has 0 amide bonds. The topological polar surface area (TPSA) is 17.3 Å². The van der Waals surface area contributed by atoms with Crippen LogP contribution < -0.4 is 0 Å². The maximum absolute atomic E-state index is 16.8. The van der Waals surface area contributed by atoms with Crippen LogP contribution in [0.15, 0.2) is 60.8 Å². The number of hydrogen-bond acceptors (Lipinski definition) is 1. The number of fused-ring (bicyclic) bond motifs is 7. The number of hydrogen-bond donors (Lipinski definition) is 0. The quantitative estimate of drug-likeness (QED) is 0.153. The molecule has 0 aliphatic carbocycles. The van der Waals surface area contributed by atoms with Gasteiger partial charge in [-0.25, -0.2) is 4.39 Å². The van der Waals surface area contributed by atoms with Crippen LogP contribution in [-0.4, -0.2) is 9.38 Å². The molecular weight excluding hydrogens is 527 g/mol. The van der Waals surface area contributed by atoms with Crippen molar-refractivity contribution >= 4 is 59.8 Å². The van der Waals surface area contributed by atoms with E-state index in [0.717, 1.165) is 56.5 Å². The van der Waals surface area contributed by atoms with Crippen molar-refractivity contribution in [3.63, 3.8) is 0 Å². The molecule has 2 nitrogen and oxygen atoms in total. The van der Waals surface area contributed by atoms with E-state index in [9.17, 15) is 0 Å².